The molecule has 1 aliphatic rings. The zero-order valence-corrected chi connectivity index (χ0v) is 14.2. The van der Waals surface area contributed by atoms with Gasteiger partial charge in [-0.1, -0.05) is 71.6 Å². The molecule has 0 aliphatic carbocycles. The average molecular weight is 326 g/mol. The molecule has 3 rings (SSSR count). The van der Waals surface area contributed by atoms with Crippen molar-refractivity contribution in [1.82, 2.24) is 0 Å². The summed E-state index contributed by atoms with van der Waals surface area (Å²) in [6.07, 6.45) is 1.25. The van der Waals surface area contributed by atoms with Crippen LogP contribution in [0.4, 0.5) is 5.69 Å². The van der Waals surface area contributed by atoms with Crippen LogP contribution < -0.4 is 0 Å². The Labute approximate surface area is 140 Å². The van der Waals surface area contributed by atoms with E-state index in [0.29, 0.717) is 0 Å². The van der Waals surface area contributed by atoms with Gasteiger partial charge < -0.3 is 0 Å². The predicted molar refractivity (Wildman–Crippen MR) is 101 cm³/mol. The van der Waals surface area contributed by atoms with Crippen molar-refractivity contribution in [2.45, 2.75) is 13.3 Å². The van der Waals surface area contributed by atoms with E-state index in [1.54, 1.807) is 0 Å². The third kappa shape index (κ3) is 4.24. The van der Waals surface area contributed by atoms with E-state index in [-0.39, 0.29) is 0 Å². The van der Waals surface area contributed by atoms with Crippen molar-refractivity contribution < 1.29 is 0 Å². The summed E-state index contributed by atoms with van der Waals surface area (Å²) in [4.78, 5) is 9.58. The van der Waals surface area contributed by atoms with Gasteiger partial charge in [0.15, 0.2) is 5.84 Å². The Morgan fingerprint density at radius 3 is 2.27 bits per heavy atom. The number of hydrogen-bond acceptors (Lipinski definition) is 3. The summed E-state index contributed by atoms with van der Waals surface area (Å²) < 4.78 is 1.13. The van der Waals surface area contributed by atoms with Crippen LogP contribution >= 0.6 is 23.5 Å². The first kappa shape index (κ1) is 15.4. The van der Waals surface area contributed by atoms with Gasteiger partial charge >= 0.3 is 0 Å². The van der Waals surface area contributed by atoms with Crippen LogP contribution in [0.25, 0.3) is 0 Å². The van der Waals surface area contributed by atoms with Crippen molar-refractivity contribution in [2.75, 3.05) is 11.5 Å². The van der Waals surface area contributed by atoms with Crippen LogP contribution in [-0.2, 0) is 0 Å². The molecule has 0 unspecified atom stereocenters. The third-order valence-corrected chi connectivity index (χ3v) is 5.61. The van der Waals surface area contributed by atoms with Gasteiger partial charge in [-0.05, 0) is 25.5 Å². The van der Waals surface area contributed by atoms with E-state index < -0.39 is 0 Å². The fourth-order valence-electron chi connectivity index (χ4n) is 2.05. The molecule has 2 aromatic rings. The Bertz CT molecular complexity index is 668. The number of benzene rings is 2. The van der Waals surface area contributed by atoms with Crippen LogP contribution in [0.1, 0.15) is 17.5 Å². The molecule has 1 saturated heterocycles. The summed E-state index contributed by atoms with van der Waals surface area (Å²) in [6.45, 7) is 2.08. The number of hydrogen-bond donors (Lipinski definition) is 0. The van der Waals surface area contributed by atoms with Gasteiger partial charge in [0.1, 0.15) is 4.38 Å². The van der Waals surface area contributed by atoms with E-state index in [1.807, 2.05) is 53.9 Å². The van der Waals surface area contributed by atoms with Gasteiger partial charge in [0.2, 0.25) is 0 Å². The summed E-state index contributed by atoms with van der Waals surface area (Å²) in [5, 5.41) is 0. The van der Waals surface area contributed by atoms with Crippen molar-refractivity contribution in [3.63, 3.8) is 0 Å². The zero-order chi connectivity index (χ0) is 15.2. The van der Waals surface area contributed by atoms with Crippen LogP contribution in [0.15, 0.2) is 64.6 Å². The molecule has 1 fully saturated rings. The molecule has 0 saturated carbocycles. The van der Waals surface area contributed by atoms with E-state index in [9.17, 15) is 0 Å². The molecule has 2 nitrogen and oxygen atoms in total. The van der Waals surface area contributed by atoms with Crippen molar-refractivity contribution in [3.05, 3.63) is 65.7 Å². The van der Waals surface area contributed by atoms with Gasteiger partial charge in [-0.3, -0.25) is 0 Å². The summed E-state index contributed by atoms with van der Waals surface area (Å²) >= 11 is 3.66. The number of aliphatic imine (C=N–C) groups is 2. The van der Waals surface area contributed by atoms with Gasteiger partial charge in [-0.25, -0.2) is 9.98 Å². The maximum atomic E-state index is 4.82. The minimum Gasteiger partial charge on any atom is -0.229 e. The van der Waals surface area contributed by atoms with E-state index >= 15 is 0 Å². The highest BCUT2D eigenvalue weighted by Gasteiger charge is 2.11. The molecule has 112 valence electrons. The van der Waals surface area contributed by atoms with Crippen LogP contribution in [0.3, 0.4) is 0 Å². The maximum Gasteiger partial charge on any atom is 0.161 e. The van der Waals surface area contributed by atoms with E-state index in [2.05, 4.69) is 31.2 Å². The highest BCUT2D eigenvalue weighted by Crippen LogP contribution is 2.26. The van der Waals surface area contributed by atoms with E-state index in [4.69, 9.17) is 9.98 Å². The lowest BCUT2D eigenvalue weighted by molar-refractivity contribution is 1.13. The number of nitrogens with zero attached hydrogens (tertiary/aromatic N) is 2. The van der Waals surface area contributed by atoms with Crippen molar-refractivity contribution in [3.8, 4) is 0 Å². The molecule has 1 aliphatic heterocycles. The predicted octanol–water partition coefficient (Wildman–Crippen LogP) is 5.30. The summed E-state index contributed by atoms with van der Waals surface area (Å²) in [5.74, 6) is 3.10. The Morgan fingerprint density at radius 1 is 0.909 bits per heavy atom. The zero-order valence-electron chi connectivity index (χ0n) is 12.5. The smallest absolute Gasteiger partial charge is 0.161 e. The second-order valence-corrected chi connectivity index (χ2v) is 7.49. The fraction of sp³-hybridized carbons (Fsp3) is 0.222. The van der Waals surface area contributed by atoms with Crippen molar-refractivity contribution in [2.24, 2.45) is 9.98 Å². The summed E-state index contributed by atoms with van der Waals surface area (Å²) in [6, 6.07) is 18.5. The molecule has 0 bridgehead atoms. The molecule has 0 radical (unpaired) electrons. The van der Waals surface area contributed by atoms with Gasteiger partial charge in [0.05, 0.1) is 5.69 Å². The van der Waals surface area contributed by atoms with Crippen LogP contribution in [0.2, 0.25) is 0 Å². The van der Waals surface area contributed by atoms with Crippen LogP contribution in [-0.4, -0.2) is 21.7 Å². The number of aryl methyl sites for hydroxylation is 1. The van der Waals surface area contributed by atoms with Gasteiger partial charge in [0.25, 0.3) is 0 Å². The largest absolute Gasteiger partial charge is 0.229 e. The second kappa shape index (κ2) is 7.65. The van der Waals surface area contributed by atoms with E-state index in [0.717, 1.165) is 33.0 Å². The number of thioether (sulfide) groups is 2. The molecule has 2 aromatic carbocycles. The van der Waals surface area contributed by atoms with E-state index in [1.165, 1.54) is 12.0 Å². The Balaban J connectivity index is 1.97. The third-order valence-electron chi connectivity index (χ3n) is 3.24. The number of rotatable bonds is 2. The van der Waals surface area contributed by atoms with Crippen LogP contribution in [0.5, 0.6) is 0 Å². The molecule has 4 heteroatoms. The second-order valence-electron chi connectivity index (χ2n) is 5.07. The normalized spacial score (nSPS) is 15.7. The maximum absolute atomic E-state index is 4.82. The average Bonchev–Trinajstić information content (AvgIpc) is 2.58. The molecule has 0 N–H and O–H groups in total. The lowest BCUT2D eigenvalue weighted by Crippen LogP contribution is -2.05. The monoisotopic (exact) mass is 326 g/mol. The first-order chi connectivity index (χ1) is 10.8. The Hall–Kier alpha value is -1.52. The Morgan fingerprint density at radius 2 is 1.59 bits per heavy atom. The quantitative estimate of drug-likeness (QED) is 0.552. The Kier molecular flexibility index (Phi) is 5.35. The fourth-order valence-corrected chi connectivity index (χ4v) is 4.30. The van der Waals surface area contributed by atoms with Gasteiger partial charge in [0, 0.05) is 17.1 Å². The highest BCUT2D eigenvalue weighted by molar-refractivity contribution is 8.39. The van der Waals surface area contributed by atoms with Crippen molar-refractivity contribution in [1.29, 1.82) is 0 Å². The minimum atomic E-state index is 0.793. The molecule has 1 heterocycles. The minimum absolute atomic E-state index is 0.793. The lowest BCUT2D eigenvalue weighted by Gasteiger charge is -2.12. The van der Waals surface area contributed by atoms with Gasteiger partial charge in [-0.15, -0.1) is 0 Å². The standard InChI is InChI=1S/C18H18N2S2/c1-14-8-10-16(11-9-14)19-17(15-6-3-2-4-7-15)20-18-21-12-5-13-22-18/h2-4,6-11H,5,12-13H2,1H3. The SMILES string of the molecule is Cc1ccc(N=C(N=C2SCCCS2)c2ccccc2)cc1. The highest BCUT2D eigenvalue weighted by atomic mass is 32.2. The first-order valence-electron chi connectivity index (χ1n) is 7.36. The molecule has 0 spiro atoms. The van der Waals surface area contributed by atoms with Gasteiger partial charge in [-0.2, -0.15) is 0 Å². The summed E-state index contributed by atoms with van der Waals surface area (Å²) in [5.41, 5.74) is 3.24. The molecule has 0 amide bonds. The molecule has 22 heavy (non-hydrogen) atoms. The lowest BCUT2D eigenvalue weighted by atomic mass is 10.2. The van der Waals surface area contributed by atoms with Crippen LogP contribution in [0, 0.1) is 6.92 Å². The molecular formula is C18H18N2S2. The first-order valence-corrected chi connectivity index (χ1v) is 9.33. The molecule has 0 aromatic heterocycles. The summed E-state index contributed by atoms with van der Waals surface area (Å²) in [7, 11) is 0. The molecule has 0 atom stereocenters. The van der Waals surface area contributed by atoms with Crippen molar-refractivity contribution >= 4 is 39.4 Å². The molecular weight excluding hydrogens is 308 g/mol. The number of amidine groups is 1. The topological polar surface area (TPSA) is 24.7 Å².